The zero-order valence-corrected chi connectivity index (χ0v) is 14.2. The highest BCUT2D eigenvalue weighted by Crippen LogP contribution is 2.34. The highest BCUT2D eigenvalue weighted by atomic mass is 79.9. The van der Waals surface area contributed by atoms with Gasteiger partial charge < -0.3 is 10.1 Å². The molecule has 1 aromatic carbocycles. The van der Waals surface area contributed by atoms with E-state index >= 15 is 0 Å². The molecule has 0 aliphatic rings. The summed E-state index contributed by atoms with van der Waals surface area (Å²) in [6.45, 7) is 5.81. The Hall–Kier alpha value is -0.320. The SMILES string of the molecule is CCCOc1c(Br)cc(Br)cc1C=C(C)CNC. The fourth-order valence-corrected chi connectivity index (χ4v) is 3.01. The second-order valence-corrected chi connectivity index (χ2v) is 5.95. The maximum atomic E-state index is 5.82. The third kappa shape index (κ3) is 4.75. The minimum absolute atomic E-state index is 0.728. The van der Waals surface area contributed by atoms with E-state index in [2.05, 4.69) is 63.2 Å². The van der Waals surface area contributed by atoms with Crippen LogP contribution in [-0.4, -0.2) is 20.2 Å². The van der Waals surface area contributed by atoms with Crippen molar-refractivity contribution in [2.75, 3.05) is 20.2 Å². The van der Waals surface area contributed by atoms with E-state index in [-0.39, 0.29) is 0 Å². The first kappa shape index (κ1) is 15.7. The quantitative estimate of drug-likeness (QED) is 0.781. The first-order valence-corrected chi connectivity index (χ1v) is 7.60. The van der Waals surface area contributed by atoms with E-state index in [9.17, 15) is 0 Å². The Kier molecular flexibility index (Phi) is 6.97. The fraction of sp³-hybridized carbons (Fsp3) is 0.429. The van der Waals surface area contributed by atoms with Gasteiger partial charge in [-0.05, 0) is 48.5 Å². The van der Waals surface area contributed by atoms with E-state index in [4.69, 9.17) is 4.74 Å². The summed E-state index contributed by atoms with van der Waals surface area (Å²) in [5, 5.41) is 3.15. The standard InChI is InChI=1S/C14H19Br2NO/c1-4-5-18-14-11(6-10(2)9-17-3)7-12(15)8-13(14)16/h6-8,17H,4-5,9H2,1-3H3. The van der Waals surface area contributed by atoms with Crippen molar-refractivity contribution in [1.82, 2.24) is 5.32 Å². The first-order valence-electron chi connectivity index (χ1n) is 6.02. The zero-order chi connectivity index (χ0) is 13.5. The lowest BCUT2D eigenvalue weighted by molar-refractivity contribution is 0.315. The van der Waals surface area contributed by atoms with Gasteiger partial charge in [-0.15, -0.1) is 0 Å². The molecule has 18 heavy (non-hydrogen) atoms. The van der Waals surface area contributed by atoms with Gasteiger partial charge in [0, 0.05) is 16.6 Å². The number of halogens is 2. The lowest BCUT2D eigenvalue weighted by atomic mass is 10.1. The molecule has 2 nitrogen and oxygen atoms in total. The Morgan fingerprint density at radius 3 is 2.72 bits per heavy atom. The van der Waals surface area contributed by atoms with Crippen molar-refractivity contribution in [3.05, 3.63) is 32.2 Å². The van der Waals surface area contributed by atoms with Gasteiger partial charge >= 0.3 is 0 Å². The van der Waals surface area contributed by atoms with Crippen LogP contribution in [0.25, 0.3) is 6.08 Å². The molecule has 0 bridgehead atoms. The third-order valence-corrected chi connectivity index (χ3v) is 3.39. The maximum absolute atomic E-state index is 5.82. The zero-order valence-electron chi connectivity index (χ0n) is 11.0. The summed E-state index contributed by atoms with van der Waals surface area (Å²) >= 11 is 7.07. The van der Waals surface area contributed by atoms with Crippen LogP contribution in [0.2, 0.25) is 0 Å². The summed E-state index contributed by atoms with van der Waals surface area (Å²) < 4.78 is 7.84. The number of benzene rings is 1. The number of hydrogen-bond acceptors (Lipinski definition) is 2. The van der Waals surface area contributed by atoms with E-state index in [0.717, 1.165) is 39.8 Å². The van der Waals surface area contributed by atoms with Crippen molar-refractivity contribution < 1.29 is 4.74 Å². The molecule has 0 aliphatic carbocycles. The largest absolute Gasteiger partial charge is 0.492 e. The molecule has 1 aromatic rings. The highest BCUT2D eigenvalue weighted by molar-refractivity contribution is 9.11. The number of ether oxygens (including phenoxy) is 1. The van der Waals surface area contributed by atoms with Crippen LogP contribution >= 0.6 is 31.9 Å². The van der Waals surface area contributed by atoms with Gasteiger partial charge in [0.1, 0.15) is 5.75 Å². The predicted molar refractivity (Wildman–Crippen MR) is 85.2 cm³/mol. The summed E-state index contributed by atoms with van der Waals surface area (Å²) in [6.07, 6.45) is 3.15. The van der Waals surface area contributed by atoms with E-state index in [1.165, 1.54) is 5.57 Å². The summed E-state index contributed by atoms with van der Waals surface area (Å²) in [5.74, 6) is 0.913. The summed E-state index contributed by atoms with van der Waals surface area (Å²) in [6, 6.07) is 4.09. The van der Waals surface area contributed by atoms with Crippen molar-refractivity contribution in [3.63, 3.8) is 0 Å². The van der Waals surface area contributed by atoms with Crippen LogP contribution in [-0.2, 0) is 0 Å². The molecule has 4 heteroatoms. The second-order valence-electron chi connectivity index (χ2n) is 4.18. The molecule has 0 radical (unpaired) electrons. The average Bonchev–Trinajstić information content (AvgIpc) is 2.28. The number of hydrogen-bond donors (Lipinski definition) is 1. The minimum atomic E-state index is 0.728. The highest BCUT2D eigenvalue weighted by Gasteiger charge is 2.08. The monoisotopic (exact) mass is 375 g/mol. The van der Waals surface area contributed by atoms with Gasteiger partial charge in [0.05, 0.1) is 11.1 Å². The van der Waals surface area contributed by atoms with Crippen molar-refractivity contribution in [1.29, 1.82) is 0 Å². The van der Waals surface area contributed by atoms with Gasteiger partial charge in [0.25, 0.3) is 0 Å². The lowest BCUT2D eigenvalue weighted by Gasteiger charge is -2.12. The Bertz CT molecular complexity index is 430. The Labute approximate surface area is 126 Å². The molecule has 0 saturated carbocycles. The van der Waals surface area contributed by atoms with Crippen molar-refractivity contribution in [2.24, 2.45) is 0 Å². The van der Waals surface area contributed by atoms with Gasteiger partial charge in [0.2, 0.25) is 0 Å². The molecular formula is C14H19Br2NO. The normalized spacial score (nSPS) is 11.7. The molecule has 100 valence electrons. The smallest absolute Gasteiger partial charge is 0.140 e. The maximum Gasteiger partial charge on any atom is 0.140 e. The molecule has 0 spiro atoms. The molecular weight excluding hydrogens is 358 g/mol. The van der Waals surface area contributed by atoms with Crippen LogP contribution < -0.4 is 10.1 Å². The summed E-state index contributed by atoms with van der Waals surface area (Å²) in [7, 11) is 1.95. The van der Waals surface area contributed by atoms with Crippen LogP contribution in [0.15, 0.2) is 26.7 Å². The Morgan fingerprint density at radius 1 is 1.39 bits per heavy atom. The van der Waals surface area contributed by atoms with Gasteiger partial charge in [-0.1, -0.05) is 34.5 Å². The van der Waals surface area contributed by atoms with Crippen LogP contribution in [0.5, 0.6) is 5.75 Å². The molecule has 0 aliphatic heterocycles. The van der Waals surface area contributed by atoms with E-state index in [0.29, 0.717) is 0 Å². The number of nitrogens with one attached hydrogen (secondary N) is 1. The van der Waals surface area contributed by atoms with E-state index in [1.54, 1.807) is 0 Å². The van der Waals surface area contributed by atoms with Crippen LogP contribution in [0.4, 0.5) is 0 Å². The Morgan fingerprint density at radius 2 is 2.11 bits per heavy atom. The molecule has 0 fully saturated rings. The van der Waals surface area contributed by atoms with Crippen molar-refractivity contribution in [2.45, 2.75) is 20.3 Å². The molecule has 0 atom stereocenters. The van der Waals surface area contributed by atoms with Crippen LogP contribution in [0.3, 0.4) is 0 Å². The molecule has 0 heterocycles. The van der Waals surface area contributed by atoms with Gasteiger partial charge in [-0.3, -0.25) is 0 Å². The molecule has 0 aromatic heterocycles. The van der Waals surface area contributed by atoms with Crippen molar-refractivity contribution >= 4 is 37.9 Å². The molecule has 0 saturated heterocycles. The number of likely N-dealkylation sites (N-methyl/N-ethyl adjacent to an activating group) is 1. The van der Waals surface area contributed by atoms with Crippen molar-refractivity contribution in [3.8, 4) is 5.75 Å². The first-order chi connectivity index (χ1) is 8.58. The molecule has 1 rings (SSSR count). The second kappa shape index (κ2) is 7.97. The number of rotatable bonds is 6. The average molecular weight is 377 g/mol. The summed E-state index contributed by atoms with van der Waals surface area (Å²) in [5.41, 5.74) is 2.36. The van der Waals surface area contributed by atoms with E-state index < -0.39 is 0 Å². The van der Waals surface area contributed by atoms with Gasteiger partial charge in [0.15, 0.2) is 0 Å². The topological polar surface area (TPSA) is 21.3 Å². The minimum Gasteiger partial charge on any atom is -0.492 e. The van der Waals surface area contributed by atoms with E-state index in [1.807, 2.05) is 13.1 Å². The van der Waals surface area contributed by atoms with Gasteiger partial charge in [-0.2, -0.15) is 0 Å². The van der Waals surface area contributed by atoms with Crippen LogP contribution in [0.1, 0.15) is 25.8 Å². The van der Waals surface area contributed by atoms with Gasteiger partial charge in [-0.25, -0.2) is 0 Å². The molecule has 0 amide bonds. The Balaban J connectivity index is 3.10. The third-order valence-electron chi connectivity index (χ3n) is 2.35. The molecule has 0 unspecified atom stereocenters. The fourth-order valence-electron chi connectivity index (χ4n) is 1.64. The van der Waals surface area contributed by atoms with Crippen LogP contribution in [0, 0.1) is 0 Å². The summed E-state index contributed by atoms with van der Waals surface area (Å²) in [4.78, 5) is 0. The lowest BCUT2D eigenvalue weighted by Crippen LogP contribution is -2.08. The predicted octanol–water partition coefficient (Wildman–Crippen LogP) is 4.62. The molecule has 1 N–H and O–H groups in total.